The molecule has 0 aliphatic rings. The lowest BCUT2D eigenvalue weighted by molar-refractivity contribution is -0.130. The number of carbonyl (C=O) groups is 1. The van der Waals surface area contributed by atoms with Gasteiger partial charge in [0.2, 0.25) is 0 Å². The number of hydrogen-bond acceptors (Lipinski definition) is 6. The molecule has 0 aliphatic heterocycles. The van der Waals surface area contributed by atoms with Crippen molar-refractivity contribution in [1.29, 1.82) is 0 Å². The Morgan fingerprint density at radius 1 is 1.21 bits per heavy atom. The van der Waals surface area contributed by atoms with Crippen molar-refractivity contribution >= 4 is 5.97 Å². The van der Waals surface area contributed by atoms with Gasteiger partial charge in [-0.05, 0) is 42.5 Å². The maximum absolute atomic E-state index is 11.0. The van der Waals surface area contributed by atoms with E-state index in [9.17, 15) is 4.79 Å². The van der Waals surface area contributed by atoms with Crippen LogP contribution in [0.15, 0.2) is 54.9 Å². The van der Waals surface area contributed by atoms with E-state index in [1.54, 1.807) is 25.4 Å². The van der Waals surface area contributed by atoms with E-state index in [1.807, 2.05) is 0 Å². The number of rotatable bonds is 2. The lowest BCUT2D eigenvalue weighted by Gasteiger charge is -2.02. The minimum absolute atomic E-state index is 0.134. The van der Waals surface area contributed by atoms with E-state index in [0.29, 0.717) is 11.3 Å². The van der Waals surface area contributed by atoms with Gasteiger partial charge in [-0.15, -0.1) is 10.2 Å². The molecule has 1 N–H and O–H groups in total. The van der Waals surface area contributed by atoms with Gasteiger partial charge in [0.05, 0.1) is 12.4 Å². The third-order valence-electron chi connectivity index (χ3n) is 1.80. The Labute approximate surface area is 110 Å². The lowest BCUT2D eigenvalue weighted by atomic mass is 10.3. The van der Waals surface area contributed by atoms with Crippen molar-refractivity contribution in [3.8, 4) is 11.5 Å². The number of ether oxygens (including phenoxy) is 1. The first-order valence-electron chi connectivity index (χ1n) is 5.34. The Bertz CT molecular complexity index is 500. The Hall–Kier alpha value is -2.76. The van der Waals surface area contributed by atoms with Crippen LogP contribution in [0.5, 0.6) is 11.5 Å². The van der Waals surface area contributed by atoms with Crippen LogP contribution >= 0.6 is 0 Å². The number of aromatic nitrogens is 3. The molecule has 2 rings (SSSR count). The van der Waals surface area contributed by atoms with Crippen LogP contribution in [0.2, 0.25) is 0 Å². The summed E-state index contributed by atoms with van der Waals surface area (Å²) >= 11 is 0. The fourth-order valence-electron chi connectivity index (χ4n) is 0.913. The second kappa shape index (κ2) is 7.54. The van der Waals surface area contributed by atoms with Gasteiger partial charge in [0.15, 0.2) is 0 Å². The van der Waals surface area contributed by atoms with Crippen molar-refractivity contribution in [2.24, 2.45) is 0 Å². The number of benzene rings is 1. The third-order valence-corrected chi connectivity index (χ3v) is 1.80. The zero-order chi connectivity index (χ0) is 14.1. The molecule has 0 radical (unpaired) electrons. The normalized spacial score (nSPS) is 8.89. The van der Waals surface area contributed by atoms with Gasteiger partial charge < -0.3 is 9.84 Å². The highest BCUT2D eigenvalue weighted by atomic mass is 16.5. The molecular weight excluding hydrogens is 246 g/mol. The zero-order valence-electron chi connectivity index (χ0n) is 10.4. The standard InChI is InChI=1S/C10H10O3.C3H3N3/c1-7(2)10(12)13-9-5-3-8(11)4-6-9;1-2-4-6-5-3-1/h3-6,11H,1H2,2H3;1-3H. The minimum Gasteiger partial charge on any atom is -0.508 e. The molecule has 1 aromatic heterocycles. The van der Waals surface area contributed by atoms with E-state index in [0.717, 1.165) is 0 Å². The molecule has 0 bridgehead atoms. The van der Waals surface area contributed by atoms with Crippen molar-refractivity contribution in [2.75, 3.05) is 0 Å². The van der Waals surface area contributed by atoms with Crippen LogP contribution in [0.1, 0.15) is 6.92 Å². The predicted octanol–water partition coefficient (Wildman–Crippen LogP) is 1.75. The first-order chi connectivity index (χ1) is 9.09. The number of phenols is 1. The van der Waals surface area contributed by atoms with E-state index in [-0.39, 0.29) is 5.75 Å². The molecule has 0 fully saturated rings. The molecule has 0 unspecified atom stereocenters. The van der Waals surface area contributed by atoms with Gasteiger partial charge in [0.25, 0.3) is 0 Å². The number of esters is 1. The summed E-state index contributed by atoms with van der Waals surface area (Å²) in [6, 6.07) is 7.63. The molecule has 0 atom stereocenters. The van der Waals surface area contributed by atoms with Gasteiger partial charge in [0.1, 0.15) is 11.5 Å². The summed E-state index contributed by atoms with van der Waals surface area (Å²) in [4.78, 5) is 11.0. The largest absolute Gasteiger partial charge is 0.508 e. The predicted molar refractivity (Wildman–Crippen MR) is 68.4 cm³/mol. The molecule has 19 heavy (non-hydrogen) atoms. The van der Waals surface area contributed by atoms with Crippen LogP contribution in [-0.2, 0) is 4.79 Å². The summed E-state index contributed by atoms with van der Waals surface area (Å²) in [5.74, 6) is 0.0617. The molecule has 0 spiro atoms. The molecule has 0 amide bonds. The van der Waals surface area contributed by atoms with Crippen molar-refractivity contribution in [3.05, 3.63) is 54.9 Å². The van der Waals surface area contributed by atoms with E-state index < -0.39 is 5.97 Å². The van der Waals surface area contributed by atoms with E-state index in [2.05, 4.69) is 22.0 Å². The van der Waals surface area contributed by atoms with Crippen LogP contribution in [-0.4, -0.2) is 26.5 Å². The quantitative estimate of drug-likeness (QED) is 0.502. The van der Waals surface area contributed by atoms with Gasteiger partial charge >= 0.3 is 5.97 Å². The summed E-state index contributed by atoms with van der Waals surface area (Å²) in [6.07, 6.45) is 3.15. The Kier molecular flexibility index (Phi) is 5.68. The molecule has 0 aliphatic carbocycles. The molecule has 1 aromatic carbocycles. The highest BCUT2D eigenvalue weighted by Crippen LogP contribution is 2.16. The highest BCUT2D eigenvalue weighted by molar-refractivity contribution is 5.88. The average Bonchev–Trinajstić information content (AvgIpc) is 2.44. The van der Waals surface area contributed by atoms with Crippen LogP contribution in [0, 0.1) is 0 Å². The van der Waals surface area contributed by atoms with Crippen LogP contribution in [0.4, 0.5) is 0 Å². The van der Waals surface area contributed by atoms with E-state index in [1.165, 1.54) is 24.3 Å². The van der Waals surface area contributed by atoms with Crippen molar-refractivity contribution < 1.29 is 14.6 Å². The Morgan fingerprint density at radius 3 is 2.16 bits per heavy atom. The number of nitrogens with zero attached hydrogens (tertiary/aromatic N) is 3. The Morgan fingerprint density at radius 2 is 1.79 bits per heavy atom. The smallest absolute Gasteiger partial charge is 0.338 e. The van der Waals surface area contributed by atoms with E-state index in [4.69, 9.17) is 9.84 Å². The molecule has 0 saturated heterocycles. The first-order valence-corrected chi connectivity index (χ1v) is 5.34. The molecule has 6 heteroatoms. The number of aromatic hydroxyl groups is 1. The molecule has 6 nitrogen and oxygen atoms in total. The van der Waals surface area contributed by atoms with Crippen LogP contribution < -0.4 is 4.74 Å². The molecule has 2 aromatic rings. The summed E-state index contributed by atoms with van der Waals surface area (Å²) < 4.78 is 4.88. The lowest BCUT2D eigenvalue weighted by Crippen LogP contribution is -2.07. The average molecular weight is 259 g/mol. The van der Waals surface area contributed by atoms with E-state index >= 15 is 0 Å². The maximum Gasteiger partial charge on any atom is 0.338 e. The van der Waals surface area contributed by atoms with Crippen molar-refractivity contribution in [2.45, 2.75) is 6.92 Å². The molecular formula is C13H13N3O3. The molecule has 1 heterocycles. The SMILES string of the molecule is C=C(C)C(=O)Oc1ccc(O)cc1.c1cnnnc1. The monoisotopic (exact) mass is 259 g/mol. The minimum atomic E-state index is -0.467. The number of carbonyl (C=O) groups excluding carboxylic acids is 1. The van der Waals surface area contributed by atoms with Gasteiger partial charge in [-0.3, -0.25) is 0 Å². The van der Waals surface area contributed by atoms with Gasteiger partial charge in [-0.1, -0.05) is 6.58 Å². The molecule has 0 saturated carbocycles. The highest BCUT2D eigenvalue weighted by Gasteiger charge is 2.04. The number of phenolic OH excluding ortho intramolecular Hbond substituents is 1. The van der Waals surface area contributed by atoms with Crippen molar-refractivity contribution in [3.63, 3.8) is 0 Å². The maximum atomic E-state index is 11.0. The van der Waals surface area contributed by atoms with Crippen LogP contribution in [0.3, 0.4) is 0 Å². The first kappa shape index (κ1) is 14.3. The van der Waals surface area contributed by atoms with Crippen LogP contribution in [0.25, 0.3) is 0 Å². The number of hydrogen-bond donors (Lipinski definition) is 1. The van der Waals surface area contributed by atoms with Gasteiger partial charge in [0, 0.05) is 5.57 Å². The van der Waals surface area contributed by atoms with Gasteiger partial charge in [-0.25, -0.2) is 4.79 Å². The fourth-order valence-corrected chi connectivity index (χ4v) is 0.913. The Balaban J connectivity index is 0.000000250. The second-order valence-electron chi connectivity index (χ2n) is 3.47. The summed E-state index contributed by atoms with van der Waals surface area (Å²) in [7, 11) is 0. The summed E-state index contributed by atoms with van der Waals surface area (Å²) in [5.41, 5.74) is 0.341. The molecule has 98 valence electrons. The summed E-state index contributed by atoms with van der Waals surface area (Å²) in [5, 5.41) is 19.1. The third kappa shape index (κ3) is 5.92. The fraction of sp³-hybridized carbons (Fsp3) is 0.0769. The zero-order valence-corrected chi connectivity index (χ0v) is 10.4. The summed E-state index contributed by atoms with van der Waals surface area (Å²) in [6.45, 7) is 5.02. The van der Waals surface area contributed by atoms with Gasteiger partial charge in [-0.2, -0.15) is 0 Å². The second-order valence-corrected chi connectivity index (χ2v) is 3.47. The van der Waals surface area contributed by atoms with Crippen molar-refractivity contribution in [1.82, 2.24) is 15.4 Å². The topological polar surface area (TPSA) is 85.2 Å².